The average Bonchev–Trinajstić information content (AvgIpc) is 3.32. The largest absolute Gasteiger partial charge is 0.343 e. The predicted molar refractivity (Wildman–Crippen MR) is 125 cm³/mol. The summed E-state index contributed by atoms with van der Waals surface area (Å²) in [5, 5.41) is 14.4. The molecule has 1 N–H and O–H groups in total. The number of carbonyl (C=O) groups is 3. The molecule has 170 valence electrons. The molecule has 8 nitrogen and oxygen atoms in total. The number of amides is 1. The Bertz CT molecular complexity index is 1160. The van der Waals surface area contributed by atoms with Gasteiger partial charge in [-0.3, -0.25) is 14.4 Å². The van der Waals surface area contributed by atoms with E-state index in [0.717, 1.165) is 12.0 Å². The molecule has 1 amide bonds. The summed E-state index contributed by atoms with van der Waals surface area (Å²) in [6.45, 7) is 3.45. The molecule has 0 bridgehead atoms. The number of Topliss-reactive ketones (excluding diaryl/α,β-unsaturated/α-hetero) is 2. The minimum absolute atomic E-state index is 0.0290. The van der Waals surface area contributed by atoms with E-state index in [4.69, 9.17) is 11.6 Å². The van der Waals surface area contributed by atoms with E-state index in [1.165, 1.54) is 24.0 Å². The van der Waals surface area contributed by atoms with Gasteiger partial charge in [-0.1, -0.05) is 49.2 Å². The topological polar surface area (TPSA) is 107 Å². The Labute approximate surface area is 196 Å². The van der Waals surface area contributed by atoms with E-state index >= 15 is 0 Å². The average molecular weight is 466 g/mol. The predicted octanol–water partition coefficient (Wildman–Crippen LogP) is 3.63. The van der Waals surface area contributed by atoms with Crippen LogP contribution < -0.4 is 5.32 Å². The van der Waals surface area contributed by atoms with Gasteiger partial charge in [0.05, 0.1) is 11.7 Å². The number of halogens is 1. The van der Waals surface area contributed by atoms with E-state index in [1.54, 1.807) is 48.5 Å². The molecule has 0 aliphatic carbocycles. The van der Waals surface area contributed by atoms with Gasteiger partial charge < -0.3 is 5.32 Å². The van der Waals surface area contributed by atoms with Crippen molar-refractivity contribution in [1.29, 1.82) is 0 Å². The van der Waals surface area contributed by atoms with Crippen LogP contribution in [0.3, 0.4) is 0 Å². The molecule has 0 saturated heterocycles. The number of hydrogen-bond donors (Lipinski definition) is 1. The highest BCUT2D eigenvalue weighted by Gasteiger charge is 2.19. The van der Waals surface area contributed by atoms with Gasteiger partial charge in [-0.25, -0.2) is 0 Å². The number of tetrazole rings is 1. The summed E-state index contributed by atoms with van der Waals surface area (Å²) in [6.07, 6.45) is 5.84. The number of carbonyl (C=O) groups excluding carboxylic acids is 3. The third-order valence-corrected chi connectivity index (χ3v) is 5.26. The molecule has 1 aromatic heterocycles. The first-order chi connectivity index (χ1) is 15.9. The minimum Gasteiger partial charge on any atom is -0.343 e. The molecule has 0 radical (unpaired) electrons. The number of hydrogen-bond acceptors (Lipinski definition) is 6. The van der Waals surface area contributed by atoms with Crippen LogP contribution in [-0.2, 0) is 16.0 Å². The first kappa shape index (κ1) is 24.0. The van der Waals surface area contributed by atoms with E-state index in [0.29, 0.717) is 28.3 Å². The van der Waals surface area contributed by atoms with Gasteiger partial charge in [0, 0.05) is 28.6 Å². The molecular formula is C24H24ClN5O3. The van der Waals surface area contributed by atoms with Crippen LogP contribution in [0.25, 0.3) is 11.8 Å². The summed E-state index contributed by atoms with van der Waals surface area (Å²) in [4.78, 5) is 36.9. The Balaban J connectivity index is 1.69. The highest BCUT2D eigenvalue weighted by atomic mass is 35.5. The van der Waals surface area contributed by atoms with Gasteiger partial charge >= 0.3 is 0 Å². The van der Waals surface area contributed by atoms with Crippen molar-refractivity contribution in [1.82, 2.24) is 25.5 Å². The van der Waals surface area contributed by atoms with Crippen molar-refractivity contribution in [2.75, 3.05) is 0 Å². The van der Waals surface area contributed by atoms with Crippen molar-refractivity contribution < 1.29 is 14.4 Å². The molecule has 1 atom stereocenters. The summed E-state index contributed by atoms with van der Waals surface area (Å²) in [5.41, 5.74) is 2.69. The van der Waals surface area contributed by atoms with Gasteiger partial charge in [-0.05, 0) is 53.6 Å². The lowest BCUT2D eigenvalue weighted by atomic mass is 9.99. The summed E-state index contributed by atoms with van der Waals surface area (Å²) < 4.78 is 1.47. The van der Waals surface area contributed by atoms with Crippen LogP contribution in [0.2, 0.25) is 5.02 Å². The van der Waals surface area contributed by atoms with Gasteiger partial charge in [0.25, 0.3) is 0 Å². The smallest absolute Gasteiger partial charge is 0.244 e. The molecule has 0 saturated carbocycles. The van der Waals surface area contributed by atoms with Crippen LogP contribution in [0.4, 0.5) is 0 Å². The third kappa shape index (κ3) is 6.66. The van der Waals surface area contributed by atoms with Crippen molar-refractivity contribution in [2.24, 2.45) is 0 Å². The van der Waals surface area contributed by atoms with Crippen LogP contribution in [0.15, 0.2) is 54.9 Å². The van der Waals surface area contributed by atoms with Gasteiger partial charge in [0.1, 0.15) is 6.33 Å². The number of ketones is 2. The highest BCUT2D eigenvalue weighted by molar-refractivity contribution is 6.30. The second-order valence-electron chi connectivity index (χ2n) is 7.54. The second-order valence-corrected chi connectivity index (χ2v) is 7.97. The Morgan fingerprint density at radius 2 is 1.91 bits per heavy atom. The fraction of sp³-hybridized carbons (Fsp3) is 0.250. The molecule has 0 spiro atoms. The van der Waals surface area contributed by atoms with E-state index in [-0.39, 0.29) is 18.0 Å². The zero-order valence-electron chi connectivity index (χ0n) is 18.4. The number of aromatic nitrogens is 4. The number of rotatable bonds is 10. The Morgan fingerprint density at radius 3 is 2.55 bits per heavy atom. The first-order valence-electron chi connectivity index (χ1n) is 10.5. The van der Waals surface area contributed by atoms with Crippen LogP contribution in [-0.4, -0.2) is 43.7 Å². The number of nitrogens with one attached hydrogen (secondary N) is 1. The molecule has 3 rings (SSSR count). The van der Waals surface area contributed by atoms with Crippen molar-refractivity contribution in [3.63, 3.8) is 0 Å². The summed E-state index contributed by atoms with van der Waals surface area (Å²) in [6, 6.07) is 11.5. The summed E-state index contributed by atoms with van der Waals surface area (Å²) >= 11 is 6.11. The van der Waals surface area contributed by atoms with E-state index < -0.39 is 11.9 Å². The van der Waals surface area contributed by atoms with Gasteiger partial charge in [-0.2, -0.15) is 4.68 Å². The second kappa shape index (κ2) is 11.3. The van der Waals surface area contributed by atoms with Gasteiger partial charge in [0.15, 0.2) is 11.6 Å². The quantitative estimate of drug-likeness (QED) is 0.362. The lowest BCUT2D eigenvalue weighted by Gasteiger charge is -2.16. The van der Waals surface area contributed by atoms with Crippen molar-refractivity contribution >= 4 is 35.2 Å². The van der Waals surface area contributed by atoms with Crippen molar-refractivity contribution in [2.45, 2.75) is 39.2 Å². The van der Waals surface area contributed by atoms with E-state index in [1.807, 2.05) is 6.92 Å². The minimum atomic E-state index is -0.613. The molecular weight excluding hydrogens is 442 g/mol. The molecule has 0 fully saturated rings. The van der Waals surface area contributed by atoms with Crippen LogP contribution >= 0.6 is 11.6 Å². The van der Waals surface area contributed by atoms with E-state index in [9.17, 15) is 14.4 Å². The molecule has 3 aromatic rings. The maximum Gasteiger partial charge on any atom is 0.244 e. The molecule has 1 heterocycles. The standard InChI is InChI=1S/C24H24ClN5O3/c1-3-4-21(23(32)13-17-5-7-18(8-6-17)16(2)31)27-24(33)12-9-19-14-20(25)10-11-22(19)30-15-26-28-29-30/h5-12,14-15,21H,3-4,13H2,1-2H3,(H,27,33)/b12-9+/t21-/m0/s1. The first-order valence-corrected chi connectivity index (χ1v) is 10.9. The van der Waals surface area contributed by atoms with Crippen molar-refractivity contribution in [3.05, 3.63) is 76.6 Å². The van der Waals surface area contributed by atoms with Gasteiger partial charge in [0.2, 0.25) is 5.91 Å². The Hall–Kier alpha value is -3.65. The lowest BCUT2D eigenvalue weighted by Crippen LogP contribution is -2.40. The van der Waals surface area contributed by atoms with Crippen LogP contribution in [0.5, 0.6) is 0 Å². The molecule has 0 aliphatic heterocycles. The van der Waals surface area contributed by atoms with Crippen LogP contribution in [0.1, 0.15) is 48.2 Å². The summed E-state index contributed by atoms with van der Waals surface area (Å²) in [5.74, 6) is -0.513. The molecule has 0 aliphatic rings. The monoisotopic (exact) mass is 465 g/mol. The van der Waals surface area contributed by atoms with Crippen LogP contribution in [0, 0.1) is 0 Å². The Morgan fingerprint density at radius 1 is 1.15 bits per heavy atom. The third-order valence-electron chi connectivity index (χ3n) is 5.02. The maximum atomic E-state index is 12.8. The SMILES string of the molecule is CCC[C@H](NC(=O)/C=C/c1cc(Cl)ccc1-n1cnnn1)C(=O)Cc1ccc(C(C)=O)cc1. The molecule has 9 heteroatoms. The summed E-state index contributed by atoms with van der Waals surface area (Å²) in [7, 11) is 0. The van der Waals surface area contributed by atoms with Gasteiger partial charge in [-0.15, -0.1) is 5.10 Å². The lowest BCUT2D eigenvalue weighted by molar-refractivity contribution is -0.125. The fourth-order valence-electron chi connectivity index (χ4n) is 3.31. The highest BCUT2D eigenvalue weighted by Crippen LogP contribution is 2.20. The zero-order valence-corrected chi connectivity index (χ0v) is 19.1. The van der Waals surface area contributed by atoms with Crippen molar-refractivity contribution in [3.8, 4) is 5.69 Å². The Kier molecular flexibility index (Phi) is 8.21. The van der Waals surface area contributed by atoms with E-state index in [2.05, 4.69) is 20.8 Å². The zero-order chi connectivity index (χ0) is 23.8. The molecule has 2 aromatic carbocycles. The maximum absolute atomic E-state index is 12.8. The number of nitrogens with zero attached hydrogens (tertiary/aromatic N) is 4. The normalized spacial score (nSPS) is 12.0. The molecule has 0 unspecified atom stereocenters. The fourth-order valence-corrected chi connectivity index (χ4v) is 3.49. The number of benzene rings is 2. The molecule has 33 heavy (non-hydrogen) atoms.